The maximum absolute atomic E-state index is 13.0. The van der Waals surface area contributed by atoms with E-state index in [1.165, 1.54) is 34.3 Å². The largest absolute Gasteiger partial charge is 0.416 e. The minimum Gasteiger partial charge on any atom is -0.296 e. The third kappa shape index (κ3) is 3.94. The van der Waals surface area contributed by atoms with E-state index in [-0.39, 0.29) is 11.3 Å². The molecule has 0 radical (unpaired) electrons. The maximum atomic E-state index is 13.0. The van der Waals surface area contributed by atoms with Crippen LogP contribution in [0.2, 0.25) is 0 Å². The van der Waals surface area contributed by atoms with Crippen LogP contribution in [0.4, 0.5) is 18.3 Å². The quantitative estimate of drug-likeness (QED) is 0.497. The number of carbonyl (C=O) groups excluding carboxylic acids is 1. The van der Waals surface area contributed by atoms with Gasteiger partial charge < -0.3 is 0 Å². The number of nitrogens with one attached hydrogen (secondary N) is 1. The Hall–Kier alpha value is -3.53. The first-order chi connectivity index (χ1) is 14.3. The Morgan fingerprint density at radius 1 is 1.07 bits per heavy atom. The average Bonchev–Trinajstić information content (AvgIpc) is 3.35. The van der Waals surface area contributed by atoms with E-state index in [9.17, 15) is 18.0 Å². The second kappa shape index (κ2) is 7.71. The topological polar surface area (TPSA) is 72.7 Å². The summed E-state index contributed by atoms with van der Waals surface area (Å²) in [6.45, 7) is 1.61. The summed E-state index contributed by atoms with van der Waals surface area (Å²) in [5.74, 6) is -0.471. The predicted molar refractivity (Wildman–Crippen MR) is 107 cm³/mol. The van der Waals surface area contributed by atoms with Gasteiger partial charge in [0.05, 0.1) is 28.7 Å². The van der Waals surface area contributed by atoms with Crippen molar-refractivity contribution in [3.8, 4) is 16.3 Å². The molecule has 6 nitrogen and oxygen atoms in total. The highest BCUT2D eigenvalue weighted by Crippen LogP contribution is 2.31. The lowest BCUT2D eigenvalue weighted by Gasteiger charge is -2.10. The first-order valence-corrected chi connectivity index (χ1v) is 9.57. The lowest BCUT2D eigenvalue weighted by molar-refractivity contribution is -0.137. The molecule has 4 aromatic rings. The Morgan fingerprint density at radius 3 is 2.57 bits per heavy atom. The van der Waals surface area contributed by atoms with Crippen molar-refractivity contribution in [2.24, 2.45) is 0 Å². The number of alkyl halides is 3. The van der Waals surface area contributed by atoms with Gasteiger partial charge in [-0.05, 0) is 25.1 Å². The third-order valence-corrected chi connectivity index (χ3v) is 5.23. The fourth-order valence-electron chi connectivity index (χ4n) is 2.84. The molecule has 2 aromatic heterocycles. The van der Waals surface area contributed by atoms with Crippen molar-refractivity contribution in [2.75, 3.05) is 5.32 Å². The number of halogens is 3. The Kier molecular flexibility index (Phi) is 5.08. The van der Waals surface area contributed by atoms with Crippen LogP contribution in [-0.2, 0) is 6.18 Å². The number of hydrogen-bond donors (Lipinski definition) is 1. The monoisotopic (exact) mass is 429 g/mol. The average molecular weight is 429 g/mol. The molecule has 10 heteroatoms. The molecule has 0 fully saturated rings. The summed E-state index contributed by atoms with van der Waals surface area (Å²) >= 11 is 1.22. The molecule has 0 unspecified atom stereocenters. The predicted octanol–water partition coefficient (Wildman–Crippen LogP) is 4.97. The fourth-order valence-corrected chi connectivity index (χ4v) is 3.59. The van der Waals surface area contributed by atoms with Crippen molar-refractivity contribution >= 4 is 22.4 Å². The summed E-state index contributed by atoms with van der Waals surface area (Å²) in [5.41, 5.74) is 0.930. The molecule has 0 aliphatic heterocycles. The number of aromatic nitrogens is 4. The number of anilines is 1. The van der Waals surface area contributed by atoms with Gasteiger partial charge in [0, 0.05) is 5.56 Å². The number of hydrogen-bond acceptors (Lipinski definition) is 5. The van der Waals surface area contributed by atoms with Crippen LogP contribution >= 0.6 is 11.3 Å². The van der Waals surface area contributed by atoms with Crippen molar-refractivity contribution in [3.05, 3.63) is 77.6 Å². The zero-order valence-electron chi connectivity index (χ0n) is 15.5. The van der Waals surface area contributed by atoms with Gasteiger partial charge in [-0.25, -0.2) is 4.68 Å². The fraction of sp³-hybridized carbons (Fsp3) is 0.100. The van der Waals surface area contributed by atoms with E-state index in [1.807, 2.05) is 30.3 Å². The Labute approximate surface area is 173 Å². The minimum absolute atomic E-state index is 0.212. The Balaban J connectivity index is 1.56. The lowest BCUT2D eigenvalue weighted by atomic mass is 10.2. The second-order valence-electron chi connectivity index (χ2n) is 6.34. The van der Waals surface area contributed by atoms with Crippen LogP contribution in [-0.4, -0.2) is 25.9 Å². The van der Waals surface area contributed by atoms with Crippen LogP contribution in [0.5, 0.6) is 0 Å². The van der Waals surface area contributed by atoms with Crippen molar-refractivity contribution < 1.29 is 18.0 Å². The Morgan fingerprint density at radius 2 is 1.83 bits per heavy atom. The molecule has 30 heavy (non-hydrogen) atoms. The standard InChI is InChI=1S/C20H14F3N5OS/c1-12-16(11-24-28(12)15-9-5-8-14(10-15)20(21,22)23)17(29)25-19-27-26-18(30-19)13-6-3-2-4-7-13/h2-11H,1H3,(H,25,27,29). The summed E-state index contributed by atoms with van der Waals surface area (Å²) in [7, 11) is 0. The van der Waals surface area contributed by atoms with Crippen molar-refractivity contribution in [3.63, 3.8) is 0 Å². The second-order valence-corrected chi connectivity index (χ2v) is 7.31. The van der Waals surface area contributed by atoms with E-state index in [4.69, 9.17) is 0 Å². The minimum atomic E-state index is -4.47. The summed E-state index contributed by atoms with van der Waals surface area (Å²) in [6, 6.07) is 14.2. The van der Waals surface area contributed by atoms with Gasteiger partial charge in [-0.15, -0.1) is 10.2 Å². The molecule has 1 amide bonds. The number of rotatable bonds is 4. The highest BCUT2D eigenvalue weighted by atomic mass is 32.1. The zero-order valence-corrected chi connectivity index (χ0v) is 16.3. The molecule has 2 aromatic carbocycles. The highest BCUT2D eigenvalue weighted by Gasteiger charge is 2.30. The molecule has 0 bridgehead atoms. The van der Waals surface area contributed by atoms with Crippen LogP contribution in [0, 0.1) is 6.92 Å². The van der Waals surface area contributed by atoms with E-state index in [0.29, 0.717) is 15.8 Å². The highest BCUT2D eigenvalue weighted by molar-refractivity contribution is 7.18. The third-order valence-electron chi connectivity index (χ3n) is 4.34. The van der Waals surface area contributed by atoms with Gasteiger partial charge in [-0.3, -0.25) is 10.1 Å². The van der Waals surface area contributed by atoms with Gasteiger partial charge in [0.2, 0.25) is 5.13 Å². The maximum Gasteiger partial charge on any atom is 0.416 e. The van der Waals surface area contributed by atoms with E-state index < -0.39 is 17.6 Å². The van der Waals surface area contributed by atoms with E-state index >= 15 is 0 Å². The number of amides is 1. The molecule has 0 atom stereocenters. The van der Waals surface area contributed by atoms with E-state index in [0.717, 1.165) is 17.7 Å². The molecular weight excluding hydrogens is 415 g/mol. The molecule has 152 valence electrons. The van der Waals surface area contributed by atoms with Gasteiger partial charge in [-0.1, -0.05) is 47.7 Å². The number of nitrogens with zero attached hydrogens (tertiary/aromatic N) is 4. The van der Waals surface area contributed by atoms with E-state index in [1.54, 1.807) is 6.92 Å². The molecule has 0 aliphatic rings. The van der Waals surface area contributed by atoms with Gasteiger partial charge in [0.1, 0.15) is 5.01 Å². The molecule has 0 spiro atoms. The van der Waals surface area contributed by atoms with E-state index in [2.05, 4.69) is 20.6 Å². The molecule has 0 saturated carbocycles. The lowest BCUT2D eigenvalue weighted by Crippen LogP contribution is -2.13. The van der Waals surface area contributed by atoms with Crippen molar-refractivity contribution in [2.45, 2.75) is 13.1 Å². The number of carbonyl (C=O) groups is 1. The SMILES string of the molecule is Cc1c(C(=O)Nc2nnc(-c3ccccc3)s2)cnn1-c1cccc(C(F)(F)F)c1. The summed E-state index contributed by atoms with van der Waals surface area (Å²) < 4.78 is 40.2. The van der Waals surface area contributed by atoms with Crippen LogP contribution in [0.1, 0.15) is 21.6 Å². The summed E-state index contributed by atoms with van der Waals surface area (Å²) in [6.07, 6.45) is -3.16. The van der Waals surface area contributed by atoms with Crippen LogP contribution in [0.15, 0.2) is 60.8 Å². The molecule has 1 N–H and O–H groups in total. The van der Waals surface area contributed by atoms with Gasteiger partial charge in [0.15, 0.2) is 0 Å². The first kappa shape index (κ1) is 19.8. The molecule has 4 rings (SSSR count). The first-order valence-electron chi connectivity index (χ1n) is 8.75. The number of benzene rings is 2. The van der Waals surface area contributed by atoms with Gasteiger partial charge >= 0.3 is 6.18 Å². The molecular formula is C20H14F3N5OS. The van der Waals surface area contributed by atoms with Crippen molar-refractivity contribution in [1.29, 1.82) is 0 Å². The molecule has 2 heterocycles. The van der Waals surface area contributed by atoms with Crippen LogP contribution < -0.4 is 5.32 Å². The summed E-state index contributed by atoms with van der Waals surface area (Å²) in [4.78, 5) is 12.6. The Bertz CT molecular complexity index is 1200. The van der Waals surface area contributed by atoms with Crippen LogP contribution in [0.25, 0.3) is 16.3 Å². The molecule has 0 saturated heterocycles. The van der Waals surface area contributed by atoms with Crippen molar-refractivity contribution in [1.82, 2.24) is 20.0 Å². The summed E-state index contributed by atoms with van der Waals surface area (Å²) in [5, 5.41) is 15.8. The smallest absolute Gasteiger partial charge is 0.296 e. The van der Waals surface area contributed by atoms with Crippen LogP contribution in [0.3, 0.4) is 0 Å². The van der Waals surface area contributed by atoms with Gasteiger partial charge in [0.25, 0.3) is 5.91 Å². The molecule has 0 aliphatic carbocycles. The normalized spacial score (nSPS) is 11.5. The zero-order chi connectivity index (χ0) is 21.3. The van der Waals surface area contributed by atoms with Gasteiger partial charge in [-0.2, -0.15) is 18.3 Å².